The highest BCUT2D eigenvalue weighted by Crippen LogP contribution is 2.24. The predicted octanol–water partition coefficient (Wildman–Crippen LogP) is 4.33. The molecular weight excluding hydrogens is 370 g/mol. The molecule has 0 N–H and O–H groups in total. The van der Waals surface area contributed by atoms with Gasteiger partial charge in [0.25, 0.3) is 11.6 Å². The van der Waals surface area contributed by atoms with Crippen molar-refractivity contribution in [3.63, 3.8) is 0 Å². The Morgan fingerprint density at radius 3 is 2.63 bits per heavy atom. The highest BCUT2D eigenvalue weighted by molar-refractivity contribution is 7.12. The van der Waals surface area contributed by atoms with E-state index in [1.165, 1.54) is 30.3 Å². The van der Waals surface area contributed by atoms with E-state index in [1.807, 2.05) is 19.1 Å². The van der Waals surface area contributed by atoms with E-state index in [2.05, 4.69) is 10.2 Å². The first-order valence-corrected chi connectivity index (χ1v) is 8.77. The van der Waals surface area contributed by atoms with Crippen LogP contribution in [-0.4, -0.2) is 21.1 Å². The van der Waals surface area contributed by atoms with Crippen LogP contribution in [0.3, 0.4) is 0 Å². The Hall–Kier alpha value is -3.33. The van der Waals surface area contributed by atoms with Gasteiger partial charge in [0.05, 0.1) is 4.92 Å². The molecule has 0 radical (unpaired) electrons. The molecule has 3 rings (SSSR count). The van der Waals surface area contributed by atoms with Gasteiger partial charge in [-0.05, 0) is 44.2 Å². The zero-order chi connectivity index (χ0) is 19.4. The number of aryl methyl sites for hydroxylation is 1. The Labute approximate surface area is 158 Å². The highest BCUT2D eigenvalue weighted by atomic mass is 32.1. The van der Waals surface area contributed by atoms with Gasteiger partial charge in [0.2, 0.25) is 5.89 Å². The smallest absolute Gasteiger partial charge is 0.331 e. The monoisotopic (exact) mass is 385 g/mol. The molecule has 3 aromatic rings. The zero-order valence-electron chi connectivity index (χ0n) is 14.5. The van der Waals surface area contributed by atoms with Gasteiger partial charge in [0.15, 0.2) is 6.10 Å². The van der Waals surface area contributed by atoms with Crippen LogP contribution in [-0.2, 0) is 9.53 Å². The van der Waals surface area contributed by atoms with Crippen molar-refractivity contribution in [1.82, 2.24) is 10.2 Å². The summed E-state index contributed by atoms with van der Waals surface area (Å²) in [6.07, 6.45) is 2.30. The molecule has 0 amide bonds. The predicted molar refractivity (Wildman–Crippen MR) is 99.0 cm³/mol. The van der Waals surface area contributed by atoms with Gasteiger partial charge in [-0.25, -0.2) is 4.79 Å². The number of ether oxygens (including phenoxy) is 1. The summed E-state index contributed by atoms with van der Waals surface area (Å²) in [7, 11) is 0. The van der Waals surface area contributed by atoms with Crippen LogP contribution in [0, 0.1) is 17.0 Å². The Morgan fingerprint density at radius 2 is 2.00 bits per heavy atom. The molecule has 1 atom stereocenters. The fourth-order valence-corrected chi connectivity index (χ4v) is 2.98. The van der Waals surface area contributed by atoms with Gasteiger partial charge in [0.1, 0.15) is 0 Å². The lowest BCUT2D eigenvalue weighted by Gasteiger charge is -2.06. The normalized spacial score (nSPS) is 12.2. The second-order valence-electron chi connectivity index (χ2n) is 5.61. The SMILES string of the molecule is Cc1ccc(/C=C/C(=O)O[C@@H](C)c2nnc(-c3ccc([N+](=O)[O-])cc3)o2)s1. The number of carbonyl (C=O) groups excluding carboxylic acids is 1. The van der Waals surface area contributed by atoms with Crippen LogP contribution >= 0.6 is 11.3 Å². The van der Waals surface area contributed by atoms with Gasteiger partial charge in [-0.15, -0.1) is 21.5 Å². The number of benzene rings is 1. The highest BCUT2D eigenvalue weighted by Gasteiger charge is 2.18. The minimum Gasteiger partial charge on any atom is -0.449 e. The van der Waals surface area contributed by atoms with Crippen LogP contribution in [0.1, 0.15) is 28.7 Å². The van der Waals surface area contributed by atoms with Crippen LogP contribution in [0.25, 0.3) is 17.5 Å². The first-order valence-electron chi connectivity index (χ1n) is 7.96. The Kier molecular flexibility index (Phi) is 5.41. The van der Waals surface area contributed by atoms with E-state index in [1.54, 1.807) is 24.3 Å². The summed E-state index contributed by atoms with van der Waals surface area (Å²) < 4.78 is 10.8. The molecule has 8 nitrogen and oxygen atoms in total. The molecule has 0 bridgehead atoms. The van der Waals surface area contributed by atoms with Crippen LogP contribution in [0.15, 0.2) is 46.9 Å². The van der Waals surface area contributed by atoms with Gasteiger partial charge in [0, 0.05) is 33.5 Å². The number of carbonyl (C=O) groups is 1. The van der Waals surface area contributed by atoms with Crippen molar-refractivity contribution >= 4 is 29.1 Å². The van der Waals surface area contributed by atoms with E-state index in [4.69, 9.17) is 9.15 Å². The molecule has 138 valence electrons. The van der Waals surface area contributed by atoms with Gasteiger partial charge < -0.3 is 9.15 Å². The number of non-ortho nitro benzene ring substituents is 1. The Bertz CT molecular complexity index is 991. The van der Waals surface area contributed by atoms with Crippen molar-refractivity contribution in [2.45, 2.75) is 20.0 Å². The lowest BCUT2D eigenvalue weighted by atomic mass is 10.2. The van der Waals surface area contributed by atoms with Crippen molar-refractivity contribution < 1.29 is 18.9 Å². The van der Waals surface area contributed by atoms with E-state index < -0.39 is 17.0 Å². The minimum absolute atomic E-state index is 0.0338. The average molecular weight is 385 g/mol. The standard InChI is InChI=1S/C18H15N3O5S/c1-11-3-8-15(27-11)9-10-16(22)25-12(2)17-19-20-18(26-17)13-4-6-14(7-5-13)21(23)24/h3-10,12H,1-2H3/b10-9+/t12-/m0/s1. The summed E-state index contributed by atoms with van der Waals surface area (Å²) in [5.74, 6) is -0.201. The minimum atomic E-state index is -0.730. The maximum absolute atomic E-state index is 11.9. The second kappa shape index (κ2) is 7.92. The van der Waals surface area contributed by atoms with Gasteiger partial charge >= 0.3 is 5.97 Å². The summed E-state index contributed by atoms with van der Waals surface area (Å²) in [4.78, 5) is 24.2. The molecule has 0 saturated heterocycles. The first-order chi connectivity index (χ1) is 12.9. The summed E-state index contributed by atoms with van der Waals surface area (Å²) in [6.45, 7) is 3.61. The molecule has 1 aromatic carbocycles. The molecule has 0 fully saturated rings. The molecule has 2 aromatic heterocycles. The molecule has 0 aliphatic rings. The molecule has 0 unspecified atom stereocenters. The first kappa shape index (κ1) is 18.5. The number of nitrogens with zero attached hydrogens (tertiary/aromatic N) is 3. The second-order valence-corrected chi connectivity index (χ2v) is 6.93. The molecular formula is C18H15N3O5S. The maximum atomic E-state index is 11.9. The number of rotatable bonds is 6. The number of nitro benzene ring substituents is 1. The van der Waals surface area contributed by atoms with Crippen LogP contribution in [0.5, 0.6) is 0 Å². The molecule has 0 aliphatic heterocycles. The van der Waals surface area contributed by atoms with Crippen molar-refractivity contribution in [3.05, 3.63) is 68.2 Å². The number of hydrogen-bond acceptors (Lipinski definition) is 8. The number of nitro groups is 1. The number of thiophene rings is 1. The van der Waals surface area contributed by atoms with E-state index >= 15 is 0 Å². The fraction of sp³-hybridized carbons (Fsp3) is 0.167. The summed E-state index contributed by atoms with van der Waals surface area (Å²) in [5, 5.41) is 18.5. The zero-order valence-corrected chi connectivity index (χ0v) is 15.3. The van der Waals surface area contributed by atoms with Crippen LogP contribution in [0.4, 0.5) is 5.69 Å². The number of aromatic nitrogens is 2. The van der Waals surface area contributed by atoms with E-state index in [-0.39, 0.29) is 17.5 Å². The molecule has 0 aliphatic carbocycles. The van der Waals surface area contributed by atoms with Crippen molar-refractivity contribution in [1.29, 1.82) is 0 Å². The molecule has 9 heteroatoms. The van der Waals surface area contributed by atoms with E-state index in [9.17, 15) is 14.9 Å². The number of hydrogen-bond donors (Lipinski definition) is 0. The lowest BCUT2D eigenvalue weighted by molar-refractivity contribution is -0.384. The Balaban J connectivity index is 1.64. The third-order valence-corrected chi connectivity index (χ3v) is 4.52. The summed E-state index contributed by atoms with van der Waals surface area (Å²) in [6, 6.07) is 9.60. The Morgan fingerprint density at radius 1 is 1.26 bits per heavy atom. The molecule has 2 heterocycles. The van der Waals surface area contributed by atoms with Gasteiger partial charge in [-0.3, -0.25) is 10.1 Å². The lowest BCUT2D eigenvalue weighted by Crippen LogP contribution is -2.06. The average Bonchev–Trinajstić information content (AvgIpc) is 3.29. The third kappa shape index (κ3) is 4.64. The summed E-state index contributed by atoms with van der Waals surface area (Å²) in [5.41, 5.74) is 0.499. The van der Waals surface area contributed by atoms with Crippen molar-refractivity contribution in [3.8, 4) is 11.5 Å². The van der Waals surface area contributed by atoms with Crippen LogP contribution in [0.2, 0.25) is 0 Å². The molecule has 0 spiro atoms. The topological polar surface area (TPSA) is 108 Å². The van der Waals surface area contributed by atoms with Crippen molar-refractivity contribution in [2.75, 3.05) is 0 Å². The molecule has 27 heavy (non-hydrogen) atoms. The quantitative estimate of drug-likeness (QED) is 0.269. The third-order valence-electron chi connectivity index (χ3n) is 3.55. The molecule has 0 saturated carbocycles. The van der Waals surface area contributed by atoms with Gasteiger partial charge in [-0.1, -0.05) is 0 Å². The van der Waals surface area contributed by atoms with Crippen molar-refractivity contribution in [2.24, 2.45) is 0 Å². The van der Waals surface area contributed by atoms with E-state index in [0.717, 1.165) is 9.75 Å². The van der Waals surface area contributed by atoms with Gasteiger partial charge in [-0.2, -0.15) is 0 Å². The van der Waals surface area contributed by atoms with E-state index in [0.29, 0.717) is 5.56 Å². The summed E-state index contributed by atoms with van der Waals surface area (Å²) >= 11 is 1.57. The number of esters is 1. The fourth-order valence-electron chi connectivity index (χ4n) is 2.20. The van der Waals surface area contributed by atoms with Crippen LogP contribution < -0.4 is 0 Å². The maximum Gasteiger partial charge on any atom is 0.331 e. The largest absolute Gasteiger partial charge is 0.449 e.